The number of phenolic OH excluding ortho intramolecular Hbond substituents is 3. The van der Waals surface area contributed by atoms with Crippen LogP contribution in [-0.4, -0.2) is 76.1 Å². The van der Waals surface area contributed by atoms with E-state index in [9.17, 15) is 30.6 Å². The normalized spacial score (nSPS) is 22.5. The number of ether oxygens (including phenoxy) is 4. The Morgan fingerprint density at radius 3 is 2.15 bits per heavy atom. The lowest BCUT2D eigenvalue weighted by atomic mass is 10.1. The van der Waals surface area contributed by atoms with Gasteiger partial charge in [0.2, 0.25) is 17.8 Å². The molecule has 11 nitrogen and oxygen atoms in total. The highest BCUT2D eigenvalue weighted by molar-refractivity contribution is 5.88. The van der Waals surface area contributed by atoms with Crippen LogP contribution in [0.15, 0.2) is 34.7 Å². The van der Waals surface area contributed by atoms with Gasteiger partial charge in [-0.15, -0.1) is 0 Å². The van der Waals surface area contributed by atoms with Gasteiger partial charge in [0.1, 0.15) is 35.2 Å². The van der Waals surface area contributed by atoms with Gasteiger partial charge in [-0.25, -0.2) is 4.42 Å². The van der Waals surface area contributed by atoms with Crippen LogP contribution in [-0.2, 0) is 4.74 Å². The third kappa shape index (κ3) is 4.02. The van der Waals surface area contributed by atoms with E-state index in [4.69, 9.17) is 23.4 Å². The molecule has 3 aromatic rings. The molecule has 33 heavy (non-hydrogen) atoms. The van der Waals surface area contributed by atoms with Gasteiger partial charge < -0.3 is 49.6 Å². The summed E-state index contributed by atoms with van der Waals surface area (Å²) >= 11 is 0. The van der Waals surface area contributed by atoms with Crippen molar-refractivity contribution in [3.05, 3.63) is 30.3 Å². The molecule has 1 fully saturated rings. The van der Waals surface area contributed by atoms with Crippen LogP contribution >= 0.6 is 0 Å². The first-order chi connectivity index (χ1) is 15.8. The molecule has 2 aromatic carbocycles. The summed E-state index contributed by atoms with van der Waals surface area (Å²) in [6.07, 6.45) is -5.31. The van der Waals surface area contributed by atoms with E-state index in [0.717, 1.165) is 6.07 Å². The molecule has 11 heteroatoms. The van der Waals surface area contributed by atoms with Gasteiger partial charge >= 0.3 is 11.3 Å². The summed E-state index contributed by atoms with van der Waals surface area (Å²) in [6, 6.07) is 6.66. The zero-order valence-corrected chi connectivity index (χ0v) is 17.6. The Bertz CT molecular complexity index is 1150. The van der Waals surface area contributed by atoms with Crippen molar-refractivity contribution < 1.29 is 54.0 Å². The second kappa shape index (κ2) is 8.79. The van der Waals surface area contributed by atoms with Gasteiger partial charge in [0.15, 0.2) is 11.5 Å². The monoisotopic (exact) mass is 463 g/mol. The van der Waals surface area contributed by atoms with E-state index in [-0.39, 0.29) is 51.2 Å². The Kier molecular flexibility index (Phi) is 6.04. The molecule has 1 aromatic heterocycles. The molecule has 1 saturated heterocycles. The van der Waals surface area contributed by atoms with E-state index in [1.807, 2.05) is 0 Å². The molecule has 1 unspecified atom stereocenters. The maximum atomic E-state index is 10.3. The van der Waals surface area contributed by atoms with Crippen LogP contribution in [0.5, 0.6) is 34.5 Å². The van der Waals surface area contributed by atoms with Crippen molar-refractivity contribution in [2.45, 2.75) is 24.6 Å². The fourth-order valence-corrected chi connectivity index (χ4v) is 3.59. The van der Waals surface area contributed by atoms with Crippen LogP contribution in [0.2, 0.25) is 0 Å². The van der Waals surface area contributed by atoms with Crippen molar-refractivity contribution in [1.29, 1.82) is 0 Å². The Labute approximate surface area is 187 Å². The Morgan fingerprint density at radius 2 is 1.58 bits per heavy atom. The van der Waals surface area contributed by atoms with Gasteiger partial charge in [-0.2, -0.15) is 0 Å². The standard InChI is InChI=1S/C22H22O11/c1-29-14-3-9(4-15(30-2)18(14)26)21-16(32-22-20(28)19(27)17(8-23)33-22)7-11-12(25)5-10(24)6-13(11)31-21/h3-7,17,19-20,22-23,27-28H,8H2,1-2H3,(H2-,24,25,26)/p+1/t17-,19-,20+,22?/m1/s1. The SMILES string of the molecule is COc1cc(-c2[o+]c3cc(O)cc(O)c3cc2OC2O[C@H](CO)[C@@H](O)[C@@H]2O)cc(OC)c1O. The minimum Gasteiger partial charge on any atom is -0.507 e. The molecule has 1 aliphatic rings. The van der Waals surface area contributed by atoms with Crippen LogP contribution in [0.1, 0.15) is 0 Å². The number of hydrogen-bond donors (Lipinski definition) is 6. The van der Waals surface area contributed by atoms with Crippen molar-refractivity contribution in [1.82, 2.24) is 0 Å². The summed E-state index contributed by atoms with van der Waals surface area (Å²) in [6.45, 7) is -0.542. The Balaban J connectivity index is 1.89. The van der Waals surface area contributed by atoms with Gasteiger partial charge in [0, 0.05) is 24.3 Å². The summed E-state index contributed by atoms with van der Waals surface area (Å²) in [5, 5.41) is 60.2. The number of methoxy groups -OCH3 is 2. The molecular weight excluding hydrogens is 440 g/mol. The van der Waals surface area contributed by atoms with Crippen molar-refractivity contribution in [2.24, 2.45) is 0 Å². The number of hydrogen-bond acceptors (Lipinski definition) is 10. The highest BCUT2D eigenvalue weighted by Gasteiger charge is 2.45. The van der Waals surface area contributed by atoms with Gasteiger partial charge in [-0.05, 0) is 0 Å². The summed E-state index contributed by atoms with van der Waals surface area (Å²) in [4.78, 5) is 0. The largest absolute Gasteiger partial charge is 0.507 e. The third-order valence-electron chi connectivity index (χ3n) is 5.30. The molecule has 2 heterocycles. The fraction of sp³-hybridized carbons (Fsp3) is 0.318. The van der Waals surface area contributed by atoms with Crippen LogP contribution in [0, 0.1) is 0 Å². The summed E-state index contributed by atoms with van der Waals surface area (Å²) < 4.78 is 27.5. The van der Waals surface area contributed by atoms with Crippen molar-refractivity contribution in [2.75, 3.05) is 20.8 Å². The lowest BCUT2D eigenvalue weighted by Gasteiger charge is -2.16. The van der Waals surface area contributed by atoms with Crippen LogP contribution in [0.4, 0.5) is 0 Å². The maximum Gasteiger partial charge on any atom is 0.402 e. The summed E-state index contributed by atoms with van der Waals surface area (Å²) in [5.74, 6) is -0.630. The Morgan fingerprint density at radius 1 is 0.909 bits per heavy atom. The van der Waals surface area contributed by atoms with Gasteiger partial charge in [0.05, 0.1) is 32.5 Å². The van der Waals surface area contributed by atoms with Gasteiger partial charge in [0.25, 0.3) is 0 Å². The van der Waals surface area contributed by atoms with Crippen LogP contribution < -0.4 is 14.2 Å². The van der Waals surface area contributed by atoms with E-state index >= 15 is 0 Å². The maximum absolute atomic E-state index is 10.3. The molecule has 0 aliphatic carbocycles. The topological polar surface area (TPSA) is 170 Å². The third-order valence-corrected chi connectivity index (χ3v) is 5.30. The first-order valence-corrected chi connectivity index (χ1v) is 9.84. The first kappa shape index (κ1) is 22.7. The minimum absolute atomic E-state index is 0.0203. The van der Waals surface area contributed by atoms with E-state index in [2.05, 4.69) is 0 Å². The predicted molar refractivity (Wildman–Crippen MR) is 113 cm³/mol. The number of aromatic hydroxyl groups is 3. The molecule has 176 valence electrons. The number of aliphatic hydroxyl groups excluding tert-OH is 3. The zero-order valence-electron chi connectivity index (χ0n) is 17.6. The molecule has 0 amide bonds. The smallest absolute Gasteiger partial charge is 0.402 e. The first-order valence-electron chi connectivity index (χ1n) is 9.84. The second-order valence-electron chi connectivity index (χ2n) is 7.37. The minimum atomic E-state index is -1.48. The average Bonchev–Trinajstić information content (AvgIpc) is 3.07. The van der Waals surface area contributed by atoms with E-state index in [1.54, 1.807) is 0 Å². The Hall–Kier alpha value is -3.51. The number of aliphatic hydroxyl groups is 3. The van der Waals surface area contributed by atoms with Crippen LogP contribution in [0.3, 0.4) is 0 Å². The number of fused-ring (bicyclic) bond motifs is 1. The summed E-state index contributed by atoms with van der Waals surface area (Å²) in [7, 11) is 2.70. The fourth-order valence-electron chi connectivity index (χ4n) is 3.59. The molecular formula is C22H23O11+. The molecule has 4 atom stereocenters. The highest BCUT2D eigenvalue weighted by Crippen LogP contribution is 2.45. The average molecular weight is 463 g/mol. The van der Waals surface area contributed by atoms with E-state index in [0.29, 0.717) is 5.56 Å². The van der Waals surface area contributed by atoms with Crippen molar-refractivity contribution >= 4 is 11.0 Å². The lowest BCUT2D eigenvalue weighted by molar-refractivity contribution is -0.116. The molecule has 4 rings (SSSR count). The number of phenols is 3. The van der Waals surface area contributed by atoms with Crippen molar-refractivity contribution in [3.8, 4) is 45.8 Å². The van der Waals surface area contributed by atoms with Crippen molar-refractivity contribution in [3.63, 3.8) is 0 Å². The van der Waals surface area contributed by atoms with Gasteiger partial charge in [-0.3, -0.25) is 0 Å². The zero-order chi connectivity index (χ0) is 23.9. The quantitative estimate of drug-likeness (QED) is 0.292. The van der Waals surface area contributed by atoms with Gasteiger partial charge in [-0.1, -0.05) is 0 Å². The predicted octanol–water partition coefficient (Wildman–Crippen LogP) is 1.33. The second-order valence-corrected chi connectivity index (χ2v) is 7.37. The van der Waals surface area contributed by atoms with E-state index < -0.39 is 31.2 Å². The molecule has 1 aliphatic heterocycles. The highest BCUT2D eigenvalue weighted by atomic mass is 16.7. The number of rotatable bonds is 6. The summed E-state index contributed by atoms with van der Waals surface area (Å²) in [5.41, 5.74) is 0.412. The molecule has 0 bridgehead atoms. The lowest BCUT2D eigenvalue weighted by Crippen LogP contribution is -2.35. The molecule has 0 radical (unpaired) electrons. The molecule has 0 saturated carbocycles. The number of benzene rings is 2. The van der Waals surface area contributed by atoms with Crippen LogP contribution in [0.25, 0.3) is 22.3 Å². The molecule has 0 spiro atoms. The van der Waals surface area contributed by atoms with E-state index in [1.165, 1.54) is 38.5 Å². The molecule has 6 N–H and O–H groups in total.